The molecule has 1 saturated carbocycles. The van der Waals surface area contributed by atoms with Gasteiger partial charge in [0.2, 0.25) is 5.95 Å². The van der Waals surface area contributed by atoms with E-state index >= 15 is 0 Å². The quantitative estimate of drug-likeness (QED) is 0.560. The maximum atomic E-state index is 11.3. The Balaban J connectivity index is 2.15. The maximum absolute atomic E-state index is 11.3. The second kappa shape index (κ2) is 5.18. The molecule has 1 aliphatic carbocycles. The van der Waals surface area contributed by atoms with Crippen molar-refractivity contribution in [1.29, 1.82) is 0 Å². The molecule has 6 N–H and O–H groups in total. The van der Waals surface area contributed by atoms with Crippen LogP contribution in [0.4, 0.5) is 11.8 Å². The van der Waals surface area contributed by atoms with Crippen LogP contribution in [0.3, 0.4) is 0 Å². The molecule has 0 unspecified atom stereocenters. The van der Waals surface area contributed by atoms with E-state index < -0.39 is 5.91 Å². The van der Waals surface area contributed by atoms with Crippen LogP contribution < -0.4 is 22.1 Å². The van der Waals surface area contributed by atoms with Gasteiger partial charge in [0.25, 0.3) is 5.91 Å². The Kier molecular flexibility index (Phi) is 3.61. The molecule has 1 aliphatic rings. The summed E-state index contributed by atoms with van der Waals surface area (Å²) in [5.74, 6) is 0.407. The topological polar surface area (TPSA) is 119 Å². The molecule has 0 spiro atoms. The lowest BCUT2D eigenvalue weighted by molar-refractivity contribution is 0.100. The van der Waals surface area contributed by atoms with E-state index in [1.54, 1.807) is 0 Å². The number of nitrogens with zero attached hydrogens (tertiary/aromatic N) is 2. The van der Waals surface area contributed by atoms with E-state index in [0.29, 0.717) is 29.9 Å². The molecule has 7 heteroatoms. The predicted octanol–water partition coefficient (Wildman–Crippen LogP) is -0.0911. The first-order chi connectivity index (χ1) is 8.56. The molecule has 1 fully saturated rings. The third-order valence-corrected chi connectivity index (χ3v) is 2.55. The Morgan fingerprint density at radius 2 is 2.33 bits per heavy atom. The summed E-state index contributed by atoms with van der Waals surface area (Å²) < 4.78 is 0. The fourth-order valence-electron chi connectivity index (χ4n) is 1.43. The first-order valence-corrected chi connectivity index (χ1v) is 5.99. The number of nitrogens with two attached hydrogens (primary N) is 2. The molecule has 1 aromatic rings. The number of hydrogen-bond acceptors (Lipinski definition) is 6. The van der Waals surface area contributed by atoms with Crippen molar-refractivity contribution in [3.63, 3.8) is 0 Å². The normalized spacial score (nSPS) is 16.1. The van der Waals surface area contributed by atoms with Crippen LogP contribution >= 0.6 is 0 Å². The van der Waals surface area contributed by atoms with Crippen LogP contribution in [0.2, 0.25) is 0 Å². The molecule has 1 aromatic heterocycles. The van der Waals surface area contributed by atoms with Crippen LogP contribution in [-0.4, -0.2) is 34.5 Å². The van der Waals surface area contributed by atoms with Crippen molar-refractivity contribution in [3.05, 3.63) is 11.8 Å². The Labute approximate surface area is 105 Å². The summed E-state index contributed by atoms with van der Waals surface area (Å²) in [5, 5.41) is 6.18. The Morgan fingerprint density at radius 3 is 2.89 bits per heavy atom. The van der Waals surface area contributed by atoms with Crippen LogP contribution in [-0.2, 0) is 0 Å². The zero-order valence-electron chi connectivity index (χ0n) is 10.3. The number of primary amides is 1. The summed E-state index contributed by atoms with van der Waals surface area (Å²) in [4.78, 5) is 19.6. The van der Waals surface area contributed by atoms with E-state index in [4.69, 9.17) is 11.5 Å². The number of hydrogen-bond donors (Lipinski definition) is 4. The van der Waals surface area contributed by atoms with E-state index in [-0.39, 0.29) is 6.04 Å². The smallest absolute Gasteiger partial charge is 0.254 e. The average molecular weight is 250 g/mol. The number of nitrogens with one attached hydrogen (secondary N) is 2. The van der Waals surface area contributed by atoms with Gasteiger partial charge in [-0.05, 0) is 19.8 Å². The van der Waals surface area contributed by atoms with E-state index in [9.17, 15) is 4.79 Å². The SMILES string of the molecule is C[C@H](N)CNc1ncc(C(N)=O)c(NC2CC2)n1. The van der Waals surface area contributed by atoms with Crippen LogP contribution in [0, 0.1) is 0 Å². The fraction of sp³-hybridized carbons (Fsp3) is 0.545. The van der Waals surface area contributed by atoms with Crippen molar-refractivity contribution < 1.29 is 4.79 Å². The van der Waals surface area contributed by atoms with E-state index in [1.807, 2.05) is 6.92 Å². The van der Waals surface area contributed by atoms with Gasteiger partial charge in [-0.2, -0.15) is 4.98 Å². The lowest BCUT2D eigenvalue weighted by Crippen LogP contribution is -2.26. The van der Waals surface area contributed by atoms with Gasteiger partial charge in [0.1, 0.15) is 5.82 Å². The van der Waals surface area contributed by atoms with Crippen molar-refractivity contribution in [2.45, 2.75) is 31.8 Å². The van der Waals surface area contributed by atoms with Crippen LogP contribution in [0.5, 0.6) is 0 Å². The summed E-state index contributed by atoms with van der Waals surface area (Å²) >= 11 is 0. The van der Waals surface area contributed by atoms with Crippen molar-refractivity contribution in [3.8, 4) is 0 Å². The lowest BCUT2D eigenvalue weighted by Gasteiger charge is -2.11. The molecule has 0 bridgehead atoms. The minimum absolute atomic E-state index is 0.00394. The van der Waals surface area contributed by atoms with Gasteiger partial charge in [0, 0.05) is 24.8 Å². The summed E-state index contributed by atoms with van der Waals surface area (Å²) in [7, 11) is 0. The largest absolute Gasteiger partial charge is 0.367 e. The van der Waals surface area contributed by atoms with Gasteiger partial charge >= 0.3 is 0 Å². The molecular formula is C11H18N6O. The van der Waals surface area contributed by atoms with Crippen molar-refractivity contribution in [1.82, 2.24) is 9.97 Å². The lowest BCUT2D eigenvalue weighted by atomic mass is 10.3. The highest BCUT2D eigenvalue weighted by Gasteiger charge is 2.24. The molecule has 1 amide bonds. The Morgan fingerprint density at radius 1 is 1.61 bits per heavy atom. The number of amides is 1. The van der Waals surface area contributed by atoms with E-state index in [0.717, 1.165) is 12.8 Å². The molecule has 18 heavy (non-hydrogen) atoms. The van der Waals surface area contributed by atoms with Crippen LogP contribution in [0.25, 0.3) is 0 Å². The third-order valence-electron chi connectivity index (χ3n) is 2.55. The maximum Gasteiger partial charge on any atom is 0.254 e. The van der Waals surface area contributed by atoms with Gasteiger partial charge in [-0.1, -0.05) is 0 Å². The average Bonchev–Trinajstić information content (AvgIpc) is 3.10. The standard InChI is InChI=1S/C11H18N6O/c1-6(12)4-14-11-15-5-8(9(13)18)10(17-11)16-7-2-3-7/h5-7H,2-4,12H2,1H3,(H2,13,18)(H2,14,15,16,17)/t6-/m0/s1. The first kappa shape index (κ1) is 12.6. The fourth-order valence-corrected chi connectivity index (χ4v) is 1.43. The van der Waals surface area contributed by atoms with Gasteiger partial charge < -0.3 is 22.1 Å². The van der Waals surface area contributed by atoms with Gasteiger partial charge in [-0.25, -0.2) is 4.98 Å². The predicted molar refractivity (Wildman–Crippen MR) is 69.3 cm³/mol. The number of carbonyl (C=O) groups excluding carboxylic acids is 1. The molecule has 1 heterocycles. The molecule has 0 aliphatic heterocycles. The van der Waals surface area contributed by atoms with E-state index in [1.165, 1.54) is 6.20 Å². The highest BCUT2D eigenvalue weighted by Crippen LogP contribution is 2.25. The van der Waals surface area contributed by atoms with Crippen molar-refractivity contribution >= 4 is 17.7 Å². The zero-order valence-corrected chi connectivity index (χ0v) is 10.3. The van der Waals surface area contributed by atoms with Gasteiger partial charge in [0.15, 0.2) is 0 Å². The first-order valence-electron chi connectivity index (χ1n) is 5.99. The zero-order chi connectivity index (χ0) is 13.1. The van der Waals surface area contributed by atoms with Crippen LogP contribution in [0.1, 0.15) is 30.1 Å². The summed E-state index contributed by atoms with van der Waals surface area (Å²) in [5.41, 5.74) is 11.2. The van der Waals surface area contributed by atoms with Crippen molar-refractivity contribution in [2.24, 2.45) is 11.5 Å². The highest BCUT2D eigenvalue weighted by atomic mass is 16.1. The summed E-state index contributed by atoms with van der Waals surface area (Å²) in [6.45, 7) is 2.45. The minimum atomic E-state index is -0.531. The minimum Gasteiger partial charge on any atom is -0.367 e. The second-order valence-electron chi connectivity index (χ2n) is 4.60. The molecule has 1 atom stereocenters. The second-order valence-corrected chi connectivity index (χ2v) is 4.60. The highest BCUT2D eigenvalue weighted by molar-refractivity contribution is 5.97. The number of carbonyl (C=O) groups is 1. The number of rotatable bonds is 6. The molecule has 2 rings (SSSR count). The van der Waals surface area contributed by atoms with Crippen molar-refractivity contribution in [2.75, 3.05) is 17.2 Å². The number of aromatic nitrogens is 2. The third kappa shape index (κ3) is 3.30. The molecule has 98 valence electrons. The number of anilines is 2. The molecule has 0 radical (unpaired) electrons. The molecule has 7 nitrogen and oxygen atoms in total. The Bertz CT molecular complexity index is 443. The summed E-state index contributed by atoms with van der Waals surface area (Å²) in [6.07, 6.45) is 3.61. The van der Waals surface area contributed by atoms with Gasteiger partial charge in [-0.15, -0.1) is 0 Å². The molecular weight excluding hydrogens is 232 g/mol. The van der Waals surface area contributed by atoms with Gasteiger partial charge in [-0.3, -0.25) is 4.79 Å². The van der Waals surface area contributed by atoms with Gasteiger partial charge in [0.05, 0.1) is 5.56 Å². The summed E-state index contributed by atoms with van der Waals surface area (Å²) in [6, 6.07) is 0.392. The Hall–Kier alpha value is -1.89. The molecule has 0 aromatic carbocycles. The monoisotopic (exact) mass is 250 g/mol. The van der Waals surface area contributed by atoms with E-state index in [2.05, 4.69) is 20.6 Å². The molecule has 0 saturated heterocycles. The van der Waals surface area contributed by atoms with Crippen LogP contribution in [0.15, 0.2) is 6.20 Å².